The topological polar surface area (TPSA) is 37.3 Å². The molecule has 1 amide bonds. The van der Waals surface area contributed by atoms with Crippen LogP contribution in [0.25, 0.3) is 10.9 Å². The van der Waals surface area contributed by atoms with Gasteiger partial charge in [-0.3, -0.25) is 9.69 Å². The van der Waals surface area contributed by atoms with E-state index in [9.17, 15) is 4.79 Å². The molecule has 0 aliphatic carbocycles. The molecule has 3 atom stereocenters. The summed E-state index contributed by atoms with van der Waals surface area (Å²) in [6.45, 7) is 6.27. The van der Waals surface area contributed by atoms with Crippen LogP contribution in [-0.4, -0.2) is 35.0 Å². The van der Waals surface area contributed by atoms with Crippen molar-refractivity contribution >= 4 is 28.4 Å². The summed E-state index contributed by atoms with van der Waals surface area (Å²) in [5.41, 5.74) is 6.63. The molecular formula is C27H32ClN3O. The average Bonchev–Trinajstić information content (AvgIpc) is 3.25. The molecule has 168 valence electrons. The Morgan fingerprint density at radius 1 is 1.19 bits per heavy atom. The third-order valence-corrected chi connectivity index (χ3v) is 7.84. The van der Waals surface area contributed by atoms with E-state index in [0.29, 0.717) is 18.5 Å². The van der Waals surface area contributed by atoms with Crippen LogP contribution in [0.5, 0.6) is 0 Å². The van der Waals surface area contributed by atoms with E-state index in [1.807, 2.05) is 6.07 Å². The highest BCUT2D eigenvalue weighted by molar-refractivity contribution is 6.31. The minimum atomic E-state index is 0.0844. The van der Waals surface area contributed by atoms with Gasteiger partial charge < -0.3 is 9.88 Å². The van der Waals surface area contributed by atoms with E-state index in [1.165, 1.54) is 46.1 Å². The average molecular weight is 450 g/mol. The minimum absolute atomic E-state index is 0.0844. The molecule has 32 heavy (non-hydrogen) atoms. The molecule has 1 N–H and O–H groups in total. The highest BCUT2D eigenvalue weighted by Gasteiger charge is 2.42. The van der Waals surface area contributed by atoms with E-state index < -0.39 is 0 Å². The maximum atomic E-state index is 12.4. The third-order valence-electron chi connectivity index (χ3n) is 7.61. The zero-order valence-corrected chi connectivity index (χ0v) is 20.0. The van der Waals surface area contributed by atoms with Crippen molar-refractivity contribution in [3.63, 3.8) is 0 Å². The molecule has 3 heterocycles. The van der Waals surface area contributed by atoms with Gasteiger partial charge in [0.1, 0.15) is 0 Å². The monoisotopic (exact) mass is 449 g/mol. The van der Waals surface area contributed by atoms with Gasteiger partial charge in [0.15, 0.2) is 0 Å². The second-order valence-corrected chi connectivity index (χ2v) is 9.84. The predicted molar refractivity (Wildman–Crippen MR) is 131 cm³/mol. The molecule has 3 unspecified atom stereocenters. The largest absolute Gasteiger partial charge is 0.359 e. The first-order valence-corrected chi connectivity index (χ1v) is 12.2. The number of hydrogen-bond donors (Lipinski definition) is 1. The molecule has 0 radical (unpaired) electrons. The standard InChI is InChI=1S/C27H32ClN3O/c1-4-30-21-10-12-24(30)27-22-14-20(28)9-11-23(22)31(25(27)15-21)16-19(13-26(32)29-3)18-7-5-17(2)6-8-18/h5-9,11,14,19,21,24H,4,10,12-13,15-16H2,1-3H3,(H,29,32). The van der Waals surface area contributed by atoms with E-state index in [-0.39, 0.29) is 11.8 Å². The normalized spacial score (nSPS) is 21.0. The van der Waals surface area contributed by atoms with Crippen molar-refractivity contribution in [2.24, 2.45) is 0 Å². The minimum Gasteiger partial charge on any atom is -0.359 e. The Bertz CT molecular complexity index is 1150. The van der Waals surface area contributed by atoms with Crippen molar-refractivity contribution in [3.8, 4) is 0 Å². The van der Waals surface area contributed by atoms with Crippen molar-refractivity contribution in [1.82, 2.24) is 14.8 Å². The lowest BCUT2D eigenvalue weighted by molar-refractivity contribution is -0.121. The van der Waals surface area contributed by atoms with Crippen molar-refractivity contribution < 1.29 is 4.79 Å². The van der Waals surface area contributed by atoms with Crippen molar-refractivity contribution in [2.45, 2.75) is 64.1 Å². The summed E-state index contributed by atoms with van der Waals surface area (Å²) in [4.78, 5) is 15.1. The summed E-state index contributed by atoms with van der Waals surface area (Å²) in [7, 11) is 1.72. The number of rotatable bonds is 6. The van der Waals surface area contributed by atoms with Crippen LogP contribution >= 0.6 is 11.6 Å². The van der Waals surface area contributed by atoms with E-state index in [0.717, 1.165) is 24.5 Å². The molecule has 1 aromatic heterocycles. The fourth-order valence-corrected chi connectivity index (χ4v) is 6.22. The molecule has 0 spiro atoms. The van der Waals surface area contributed by atoms with Gasteiger partial charge in [0.25, 0.3) is 0 Å². The summed E-state index contributed by atoms with van der Waals surface area (Å²) in [5, 5.41) is 4.91. The number of aryl methyl sites for hydroxylation is 1. The maximum absolute atomic E-state index is 12.4. The molecular weight excluding hydrogens is 418 g/mol. The Kier molecular flexibility index (Phi) is 5.77. The van der Waals surface area contributed by atoms with Crippen LogP contribution in [0.15, 0.2) is 42.5 Å². The van der Waals surface area contributed by atoms with Crippen LogP contribution in [0.2, 0.25) is 5.02 Å². The zero-order chi connectivity index (χ0) is 22.4. The maximum Gasteiger partial charge on any atom is 0.220 e. The first-order chi connectivity index (χ1) is 15.5. The summed E-state index contributed by atoms with van der Waals surface area (Å²) >= 11 is 6.47. The van der Waals surface area contributed by atoms with Gasteiger partial charge in [0.05, 0.1) is 0 Å². The molecule has 4 nitrogen and oxygen atoms in total. The Morgan fingerprint density at radius 2 is 1.97 bits per heavy atom. The molecule has 2 aliphatic heterocycles. The molecule has 2 aromatic carbocycles. The molecule has 5 heteroatoms. The molecule has 1 fully saturated rings. The van der Waals surface area contributed by atoms with Gasteiger partial charge >= 0.3 is 0 Å². The third kappa shape index (κ3) is 3.64. The first kappa shape index (κ1) is 21.5. The van der Waals surface area contributed by atoms with Crippen molar-refractivity contribution in [1.29, 1.82) is 0 Å². The number of amides is 1. The number of fused-ring (bicyclic) bond motifs is 6. The Balaban J connectivity index is 1.62. The van der Waals surface area contributed by atoms with E-state index >= 15 is 0 Å². The SMILES string of the molecule is CCN1C2CCC1c1c(n(CC(CC(=O)NC)c3ccc(C)cc3)c3ccc(Cl)cc13)C2. The fraction of sp³-hybridized carbons (Fsp3) is 0.444. The van der Waals surface area contributed by atoms with E-state index in [2.05, 4.69) is 65.0 Å². The molecule has 0 saturated carbocycles. The van der Waals surface area contributed by atoms with Gasteiger partial charge in [0.2, 0.25) is 5.91 Å². The summed E-state index contributed by atoms with van der Waals surface area (Å²) in [5.74, 6) is 0.203. The van der Waals surface area contributed by atoms with Crippen LogP contribution in [0.1, 0.15) is 60.5 Å². The van der Waals surface area contributed by atoms with Gasteiger partial charge in [-0.05, 0) is 55.6 Å². The summed E-state index contributed by atoms with van der Waals surface area (Å²) in [6, 6.07) is 16.1. The lowest BCUT2D eigenvalue weighted by Crippen LogP contribution is -2.37. The molecule has 2 bridgehead atoms. The predicted octanol–water partition coefficient (Wildman–Crippen LogP) is 5.60. The second-order valence-electron chi connectivity index (χ2n) is 9.40. The van der Waals surface area contributed by atoms with Gasteiger partial charge in [-0.15, -0.1) is 0 Å². The number of nitrogens with zero attached hydrogens (tertiary/aromatic N) is 2. The van der Waals surface area contributed by atoms with Gasteiger partial charge in [-0.25, -0.2) is 0 Å². The number of likely N-dealkylation sites (N-methyl/N-ethyl adjacent to an activating group) is 1. The molecule has 1 saturated heterocycles. The van der Waals surface area contributed by atoms with Crippen LogP contribution in [0, 0.1) is 6.92 Å². The smallest absolute Gasteiger partial charge is 0.220 e. The second kappa shape index (κ2) is 8.57. The highest BCUT2D eigenvalue weighted by Crippen LogP contribution is 2.48. The van der Waals surface area contributed by atoms with Crippen LogP contribution in [-0.2, 0) is 17.8 Å². The Morgan fingerprint density at radius 3 is 2.69 bits per heavy atom. The number of carbonyl (C=O) groups excluding carboxylic acids is 1. The molecule has 2 aliphatic rings. The molecule has 5 rings (SSSR count). The van der Waals surface area contributed by atoms with Crippen LogP contribution in [0.3, 0.4) is 0 Å². The number of aromatic nitrogens is 1. The zero-order valence-electron chi connectivity index (χ0n) is 19.2. The fourth-order valence-electron chi connectivity index (χ4n) is 6.05. The quantitative estimate of drug-likeness (QED) is 0.531. The van der Waals surface area contributed by atoms with Crippen LogP contribution in [0.4, 0.5) is 0 Å². The lowest BCUT2D eigenvalue weighted by atomic mass is 9.93. The number of hydrogen-bond acceptors (Lipinski definition) is 2. The Labute approximate surface area is 195 Å². The van der Waals surface area contributed by atoms with Gasteiger partial charge in [0, 0.05) is 66.1 Å². The van der Waals surface area contributed by atoms with Crippen molar-refractivity contribution in [2.75, 3.05) is 13.6 Å². The number of halogens is 1. The summed E-state index contributed by atoms with van der Waals surface area (Å²) < 4.78 is 2.51. The van der Waals surface area contributed by atoms with Gasteiger partial charge in [-0.1, -0.05) is 48.4 Å². The first-order valence-electron chi connectivity index (χ1n) is 11.8. The van der Waals surface area contributed by atoms with Crippen molar-refractivity contribution in [3.05, 3.63) is 69.9 Å². The number of benzene rings is 2. The lowest BCUT2D eigenvalue weighted by Gasteiger charge is -2.35. The summed E-state index contributed by atoms with van der Waals surface area (Å²) in [6.07, 6.45) is 4.04. The molecule has 3 aromatic rings. The van der Waals surface area contributed by atoms with Crippen LogP contribution < -0.4 is 5.32 Å². The number of nitrogens with one attached hydrogen (secondary N) is 1. The van der Waals surface area contributed by atoms with Gasteiger partial charge in [-0.2, -0.15) is 0 Å². The number of carbonyl (C=O) groups is 1. The highest BCUT2D eigenvalue weighted by atomic mass is 35.5. The van der Waals surface area contributed by atoms with E-state index in [4.69, 9.17) is 11.6 Å². The Hall–Kier alpha value is -2.30. The van der Waals surface area contributed by atoms with E-state index in [1.54, 1.807) is 7.05 Å².